The molecule has 148 valence electrons. The standard InChI is InChI=1S/C23H40O2Si/c1-11-12-14-23(8)15-13-19-18(4)20(16(2)17(3)21(19)24-23)25-26(9,10)22(5,6)7/h11-15H2,1-10H3/t23-/m1/s1. The van der Waals surface area contributed by atoms with Crippen LogP contribution >= 0.6 is 0 Å². The van der Waals surface area contributed by atoms with Gasteiger partial charge in [0.15, 0.2) is 0 Å². The van der Waals surface area contributed by atoms with Crippen molar-refractivity contribution in [2.75, 3.05) is 0 Å². The Morgan fingerprint density at radius 3 is 2.23 bits per heavy atom. The summed E-state index contributed by atoms with van der Waals surface area (Å²) in [6.45, 7) is 22.8. The Balaban J connectivity index is 2.45. The average Bonchev–Trinajstić information content (AvgIpc) is 2.54. The smallest absolute Gasteiger partial charge is 0.250 e. The van der Waals surface area contributed by atoms with Gasteiger partial charge in [0, 0.05) is 5.56 Å². The molecule has 0 amide bonds. The van der Waals surface area contributed by atoms with Crippen molar-refractivity contribution >= 4 is 8.32 Å². The molecule has 1 aliphatic heterocycles. The molecule has 0 fully saturated rings. The van der Waals surface area contributed by atoms with Crippen LogP contribution in [0.25, 0.3) is 0 Å². The van der Waals surface area contributed by atoms with Crippen molar-refractivity contribution in [3.05, 3.63) is 22.3 Å². The fourth-order valence-electron chi connectivity index (χ4n) is 3.57. The SMILES string of the molecule is CCCC[C@]1(C)CCc2c(C)c(O[Si](C)(C)C(C)(C)C)c(C)c(C)c2O1. The summed E-state index contributed by atoms with van der Waals surface area (Å²) in [5.74, 6) is 2.25. The molecule has 1 aliphatic rings. The van der Waals surface area contributed by atoms with Gasteiger partial charge in [0.05, 0.1) is 0 Å². The van der Waals surface area contributed by atoms with Gasteiger partial charge in [-0.3, -0.25) is 0 Å². The lowest BCUT2D eigenvalue weighted by molar-refractivity contribution is 0.0527. The van der Waals surface area contributed by atoms with Gasteiger partial charge in [-0.1, -0.05) is 34.1 Å². The van der Waals surface area contributed by atoms with Gasteiger partial charge in [0.2, 0.25) is 0 Å². The van der Waals surface area contributed by atoms with Gasteiger partial charge >= 0.3 is 0 Å². The molecule has 2 rings (SSSR count). The van der Waals surface area contributed by atoms with Crippen LogP contribution in [0.4, 0.5) is 0 Å². The summed E-state index contributed by atoms with van der Waals surface area (Å²) in [6, 6.07) is 0. The van der Waals surface area contributed by atoms with E-state index in [1.807, 2.05) is 0 Å². The molecule has 0 aliphatic carbocycles. The summed E-state index contributed by atoms with van der Waals surface area (Å²) >= 11 is 0. The monoisotopic (exact) mass is 376 g/mol. The number of hydrogen-bond donors (Lipinski definition) is 0. The first-order valence-electron chi connectivity index (χ1n) is 10.3. The van der Waals surface area contributed by atoms with E-state index >= 15 is 0 Å². The van der Waals surface area contributed by atoms with Crippen molar-refractivity contribution in [3.63, 3.8) is 0 Å². The van der Waals surface area contributed by atoms with Gasteiger partial charge < -0.3 is 9.16 Å². The van der Waals surface area contributed by atoms with Crippen LogP contribution in [0.3, 0.4) is 0 Å². The Kier molecular flexibility index (Phi) is 5.92. The average molecular weight is 377 g/mol. The molecule has 0 radical (unpaired) electrons. The Bertz CT molecular complexity index is 670. The largest absolute Gasteiger partial charge is 0.543 e. The van der Waals surface area contributed by atoms with Crippen LogP contribution in [0, 0.1) is 20.8 Å². The summed E-state index contributed by atoms with van der Waals surface area (Å²) in [5.41, 5.74) is 5.17. The quantitative estimate of drug-likeness (QED) is 0.503. The maximum atomic E-state index is 6.77. The molecule has 0 N–H and O–H groups in total. The highest BCUT2D eigenvalue weighted by Crippen LogP contribution is 2.47. The number of unbranched alkanes of at least 4 members (excludes halogenated alkanes) is 1. The van der Waals surface area contributed by atoms with Gasteiger partial charge in [0.25, 0.3) is 8.32 Å². The van der Waals surface area contributed by atoms with E-state index in [0.29, 0.717) is 0 Å². The van der Waals surface area contributed by atoms with Gasteiger partial charge in [-0.2, -0.15) is 0 Å². The first-order chi connectivity index (χ1) is 11.8. The Hall–Kier alpha value is -0.963. The summed E-state index contributed by atoms with van der Waals surface area (Å²) in [7, 11) is -1.86. The molecule has 1 heterocycles. The molecule has 2 nitrogen and oxygen atoms in total. The van der Waals surface area contributed by atoms with Crippen LogP contribution in [0.1, 0.15) is 82.6 Å². The summed E-state index contributed by atoms with van der Waals surface area (Å²) in [4.78, 5) is 0. The van der Waals surface area contributed by atoms with Crippen LogP contribution in [0.15, 0.2) is 0 Å². The van der Waals surface area contributed by atoms with Crippen LogP contribution in [0.2, 0.25) is 18.1 Å². The normalized spacial score (nSPS) is 20.5. The lowest BCUT2D eigenvalue weighted by atomic mass is 9.85. The van der Waals surface area contributed by atoms with E-state index in [1.54, 1.807) is 0 Å². The fraction of sp³-hybridized carbons (Fsp3) is 0.739. The number of ether oxygens (including phenoxy) is 1. The third-order valence-electron chi connectivity index (χ3n) is 6.79. The first-order valence-corrected chi connectivity index (χ1v) is 13.2. The van der Waals surface area contributed by atoms with E-state index in [-0.39, 0.29) is 10.6 Å². The highest BCUT2D eigenvalue weighted by molar-refractivity contribution is 6.74. The van der Waals surface area contributed by atoms with Gasteiger partial charge in [0.1, 0.15) is 17.1 Å². The van der Waals surface area contributed by atoms with Crippen LogP contribution < -0.4 is 9.16 Å². The second kappa shape index (κ2) is 7.22. The lowest BCUT2D eigenvalue weighted by Crippen LogP contribution is -2.44. The van der Waals surface area contributed by atoms with Crippen molar-refractivity contribution in [1.29, 1.82) is 0 Å². The molecule has 0 bridgehead atoms. The van der Waals surface area contributed by atoms with Crippen molar-refractivity contribution in [2.45, 2.75) is 111 Å². The lowest BCUT2D eigenvalue weighted by Gasteiger charge is -2.41. The highest BCUT2D eigenvalue weighted by Gasteiger charge is 2.41. The molecule has 0 unspecified atom stereocenters. The Labute approximate surface area is 162 Å². The van der Waals surface area contributed by atoms with Crippen LogP contribution in [0.5, 0.6) is 11.5 Å². The molecule has 26 heavy (non-hydrogen) atoms. The van der Waals surface area contributed by atoms with E-state index in [2.05, 4.69) is 68.5 Å². The van der Waals surface area contributed by atoms with E-state index in [9.17, 15) is 0 Å². The van der Waals surface area contributed by atoms with Crippen molar-refractivity contribution in [2.24, 2.45) is 0 Å². The molecule has 3 heteroatoms. The zero-order valence-corrected chi connectivity index (χ0v) is 19.9. The van der Waals surface area contributed by atoms with Crippen LogP contribution in [-0.4, -0.2) is 13.9 Å². The van der Waals surface area contributed by atoms with Gasteiger partial charge in [-0.05, 0) is 88.2 Å². The minimum absolute atomic E-state index is 0.0194. The minimum atomic E-state index is -1.86. The third-order valence-corrected chi connectivity index (χ3v) is 11.1. The third kappa shape index (κ3) is 3.98. The van der Waals surface area contributed by atoms with E-state index in [0.717, 1.165) is 30.8 Å². The van der Waals surface area contributed by atoms with Crippen LogP contribution in [-0.2, 0) is 6.42 Å². The van der Waals surface area contributed by atoms with Crippen molar-refractivity contribution in [1.82, 2.24) is 0 Å². The van der Waals surface area contributed by atoms with Gasteiger partial charge in [-0.15, -0.1) is 0 Å². The second-order valence-electron chi connectivity index (χ2n) is 10.0. The molecule has 1 atom stereocenters. The molecular weight excluding hydrogens is 336 g/mol. The topological polar surface area (TPSA) is 18.5 Å². The zero-order valence-electron chi connectivity index (χ0n) is 18.9. The summed E-state index contributed by atoms with van der Waals surface area (Å²) in [5, 5.41) is 0.199. The minimum Gasteiger partial charge on any atom is -0.543 e. The van der Waals surface area contributed by atoms with E-state index in [1.165, 1.54) is 35.1 Å². The zero-order chi connectivity index (χ0) is 19.9. The highest BCUT2D eigenvalue weighted by atomic mass is 28.4. The Morgan fingerprint density at radius 1 is 1.08 bits per heavy atom. The Morgan fingerprint density at radius 2 is 1.69 bits per heavy atom. The molecule has 1 aromatic rings. The number of fused-ring (bicyclic) bond motifs is 1. The second-order valence-corrected chi connectivity index (χ2v) is 14.8. The van der Waals surface area contributed by atoms with E-state index < -0.39 is 8.32 Å². The number of hydrogen-bond acceptors (Lipinski definition) is 2. The maximum absolute atomic E-state index is 6.77. The number of rotatable bonds is 5. The number of benzene rings is 1. The molecular formula is C23H40O2Si. The van der Waals surface area contributed by atoms with Gasteiger partial charge in [-0.25, -0.2) is 0 Å². The molecule has 1 aromatic carbocycles. The predicted molar refractivity (Wildman–Crippen MR) is 115 cm³/mol. The fourth-order valence-corrected chi connectivity index (χ4v) is 4.69. The first kappa shape index (κ1) is 21.3. The molecule has 0 saturated heterocycles. The van der Waals surface area contributed by atoms with Crippen molar-refractivity contribution in [3.8, 4) is 11.5 Å². The summed E-state index contributed by atoms with van der Waals surface area (Å²) < 4.78 is 13.4. The van der Waals surface area contributed by atoms with E-state index in [4.69, 9.17) is 9.16 Å². The maximum Gasteiger partial charge on any atom is 0.250 e. The molecule has 0 spiro atoms. The molecule has 0 aromatic heterocycles. The predicted octanol–water partition coefficient (Wildman–Crippen LogP) is 7.27. The van der Waals surface area contributed by atoms with Crippen molar-refractivity contribution < 1.29 is 9.16 Å². The summed E-state index contributed by atoms with van der Waals surface area (Å²) in [6.07, 6.45) is 5.79. The molecule has 0 saturated carbocycles.